The van der Waals surface area contributed by atoms with Gasteiger partial charge in [0.25, 0.3) is 5.56 Å². The Balaban J connectivity index is 1.48. The Kier molecular flexibility index (Phi) is 6.61. The third kappa shape index (κ3) is 4.70. The van der Waals surface area contributed by atoms with Crippen molar-refractivity contribution in [3.05, 3.63) is 64.7 Å². The van der Waals surface area contributed by atoms with E-state index in [2.05, 4.69) is 43.6 Å². The van der Waals surface area contributed by atoms with Crippen LogP contribution in [-0.2, 0) is 17.8 Å². The van der Waals surface area contributed by atoms with Crippen molar-refractivity contribution in [2.75, 3.05) is 25.0 Å². The Morgan fingerprint density at radius 3 is 2.53 bits per heavy atom. The van der Waals surface area contributed by atoms with Gasteiger partial charge in [0.05, 0.1) is 21.9 Å². The number of aromatic nitrogens is 4. The Bertz CT molecular complexity index is 1290. The molecule has 0 atom stereocenters. The van der Waals surface area contributed by atoms with E-state index in [0.29, 0.717) is 29.1 Å². The number of fused-ring (bicyclic) bond motifs is 2. The Labute approximate surface area is 186 Å². The highest BCUT2D eigenvalue weighted by molar-refractivity contribution is 5.91. The van der Waals surface area contributed by atoms with Crippen molar-refractivity contribution in [1.29, 1.82) is 0 Å². The van der Waals surface area contributed by atoms with Crippen molar-refractivity contribution in [1.82, 2.24) is 24.4 Å². The molecule has 0 saturated heterocycles. The quantitative estimate of drug-likeness (QED) is 0.423. The van der Waals surface area contributed by atoms with Gasteiger partial charge in [-0.2, -0.15) is 0 Å². The maximum absolute atomic E-state index is 12.7. The van der Waals surface area contributed by atoms with Crippen LogP contribution >= 0.6 is 0 Å². The summed E-state index contributed by atoms with van der Waals surface area (Å²) in [6, 6.07) is 15.1. The molecule has 2 N–H and O–H groups in total. The first kappa shape index (κ1) is 21.7. The molecule has 2 heterocycles. The molecule has 0 saturated carbocycles. The number of hydrogen-bond donors (Lipinski definition) is 2. The number of benzene rings is 2. The largest absolute Gasteiger partial charge is 0.310 e. The van der Waals surface area contributed by atoms with Gasteiger partial charge < -0.3 is 14.5 Å². The highest BCUT2D eigenvalue weighted by Crippen LogP contribution is 2.20. The van der Waals surface area contributed by atoms with Crippen molar-refractivity contribution < 1.29 is 4.79 Å². The number of aromatic amines is 1. The van der Waals surface area contributed by atoms with Gasteiger partial charge in [0.2, 0.25) is 11.9 Å². The second-order valence-electron chi connectivity index (χ2n) is 7.68. The maximum atomic E-state index is 12.7. The van der Waals surface area contributed by atoms with Crippen molar-refractivity contribution in [2.24, 2.45) is 0 Å². The molecular formula is C24H28N6O2. The highest BCUT2D eigenvalue weighted by atomic mass is 16.1. The second-order valence-corrected chi connectivity index (χ2v) is 7.68. The third-order valence-corrected chi connectivity index (χ3v) is 5.69. The van der Waals surface area contributed by atoms with Gasteiger partial charge in [0.15, 0.2) is 0 Å². The van der Waals surface area contributed by atoms with Gasteiger partial charge >= 0.3 is 0 Å². The standard InChI is InChI=1S/C24H28N6O2/c1-3-29(4-2)15-16-30-20-12-8-7-11-19(20)26-24(30)28-22(31)14-13-21-25-18-10-6-5-9-17(18)23(32)27-21/h5-12H,3-4,13-16H2,1-2H3,(H,25,27,32)(H,26,28,31). The number of carbonyl (C=O) groups is 1. The monoisotopic (exact) mass is 432 g/mol. The molecule has 0 aliphatic heterocycles. The third-order valence-electron chi connectivity index (χ3n) is 5.69. The molecule has 8 nitrogen and oxygen atoms in total. The van der Waals surface area contributed by atoms with Crippen LogP contribution in [0.4, 0.5) is 5.95 Å². The number of para-hydroxylation sites is 3. The smallest absolute Gasteiger partial charge is 0.258 e. The van der Waals surface area contributed by atoms with Gasteiger partial charge in [-0.25, -0.2) is 9.97 Å². The van der Waals surface area contributed by atoms with Crippen LogP contribution in [-0.4, -0.2) is 50.0 Å². The molecule has 4 rings (SSSR count). The van der Waals surface area contributed by atoms with E-state index in [1.54, 1.807) is 18.2 Å². The number of anilines is 1. The van der Waals surface area contributed by atoms with Crippen LogP contribution < -0.4 is 10.9 Å². The number of imidazole rings is 1. The number of H-pyrrole nitrogens is 1. The lowest BCUT2D eigenvalue weighted by atomic mass is 10.2. The van der Waals surface area contributed by atoms with Crippen LogP contribution in [0.3, 0.4) is 0 Å². The van der Waals surface area contributed by atoms with Crippen molar-refractivity contribution in [2.45, 2.75) is 33.2 Å². The summed E-state index contributed by atoms with van der Waals surface area (Å²) in [7, 11) is 0. The van der Waals surface area contributed by atoms with Gasteiger partial charge in [-0.15, -0.1) is 0 Å². The lowest BCUT2D eigenvalue weighted by Crippen LogP contribution is -2.27. The molecule has 2 aromatic carbocycles. The molecule has 0 bridgehead atoms. The first-order valence-corrected chi connectivity index (χ1v) is 11.0. The van der Waals surface area contributed by atoms with Gasteiger partial charge in [0.1, 0.15) is 5.82 Å². The molecule has 0 aliphatic rings. The van der Waals surface area contributed by atoms with Crippen LogP contribution in [0, 0.1) is 0 Å². The lowest BCUT2D eigenvalue weighted by molar-refractivity contribution is -0.116. The molecule has 4 aromatic rings. The van der Waals surface area contributed by atoms with Crippen LogP contribution in [0.15, 0.2) is 53.3 Å². The summed E-state index contributed by atoms with van der Waals surface area (Å²) >= 11 is 0. The molecule has 0 unspecified atom stereocenters. The molecule has 0 fully saturated rings. The number of amides is 1. The normalized spacial score (nSPS) is 11.5. The number of nitrogens with zero attached hydrogens (tertiary/aromatic N) is 4. The number of hydrogen-bond acceptors (Lipinski definition) is 5. The molecule has 166 valence electrons. The molecule has 8 heteroatoms. The molecular weight excluding hydrogens is 404 g/mol. The number of likely N-dealkylation sites (N-methyl/N-ethyl adjacent to an activating group) is 1. The minimum absolute atomic E-state index is 0.166. The molecule has 0 spiro atoms. The minimum atomic E-state index is -0.191. The van der Waals surface area contributed by atoms with Gasteiger partial charge in [-0.3, -0.25) is 14.9 Å². The van der Waals surface area contributed by atoms with Crippen LogP contribution in [0.1, 0.15) is 26.1 Å². The summed E-state index contributed by atoms with van der Waals surface area (Å²) in [4.78, 5) is 39.2. The zero-order valence-corrected chi connectivity index (χ0v) is 18.5. The summed E-state index contributed by atoms with van der Waals surface area (Å²) in [5, 5.41) is 3.50. The Morgan fingerprint density at radius 1 is 1.03 bits per heavy atom. The molecule has 0 radical (unpaired) electrons. The number of aryl methyl sites for hydroxylation is 1. The first-order chi connectivity index (χ1) is 15.6. The van der Waals surface area contributed by atoms with Crippen molar-refractivity contribution in [3.8, 4) is 0 Å². The molecule has 1 amide bonds. The van der Waals surface area contributed by atoms with Crippen LogP contribution in [0.2, 0.25) is 0 Å². The average molecular weight is 433 g/mol. The van der Waals surface area contributed by atoms with E-state index < -0.39 is 0 Å². The van der Waals surface area contributed by atoms with E-state index in [4.69, 9.17) is 0 Å². The Morgan fingerprint density at radius 2 is 1.75 bits per heavy atom. The summed E-state index contributed by atoms with van der Waals surface area (Å²) < 4.78 is 2.06. The zero-order chi connectivity index (χ0) is 22.5. The minimum Gasteiger partial charge on any atom is -0.310 e. The fourth-order valence-corrected chi connectivity index (χ4v) is 3.85. The summed E-state index contributed by atoms with van der Waals surface area (Å²) in [5.41, 5.74) is 2.28. The van der Waals surface area contributed by atoms with Gasteiger partial charge in [-0.1, -0.05) is 38.1 Å². The summed E-state index contributed by atoms with van der Waals surface area (Å²) in [6.07, 6.45) is 0.534. The average Bonchev–Trinajstić information content (AvgIpc) is 3.15. The predicted molar refractivity (Wildman–Crippen MR) is 127 cm³/mol. The van der Waals surface area contributed by atoms with Gasteiger partial charge in [-0.05, 0) is 37.4 Å². The SMILES string of the molecule is CCN(CC)CCn1c(NC(=O)CCc2nc3ccccc3c(=O)[nH]2)nc2ccccc21. The summed E-state index contributed by atoms with van der Waals surface area (Å²) in [5.74, 6) is 0.877. The number of carbonyl (C=O) groups excluding carboxylic acids is 1. The van der Waals surface area contributed by atoms with Crippen molar-refractivity contribution in [3.63, 3.8) is 0 Å². The second kappa shape index (κ2) is 9.74. The number of rotatable bonds is 9. The van der Waals surface area contributed by atoms with E-state index in [9.17, 15) is 9.59 Å². The van der Waals surface area contributed by atoms with Crippen LogP contribution in [0.5, 0.6) is 0 Å². The number of nitrogens with one attached hydrogen (secondary N) is 2. The fraction of sp³-hybridized carbons (Fsp3) is 0.333. The zero-order valence-electron chi connectivity index (χ0n) is 18.5. The van der Waals surface area contributed by atoms with E-state index in [1.807, 2.05) is 30.3 Å². The molecule has 2 aromatic heterocycles. The fourth-order valence-electron chi connectivity index (χ4n) is 3.85. The molecule has 32 heavy (non-hydrogen) atoms. The lowest BCUT2D eigenvalue weighted by Gasteiger charge is -2.19. The van der Waals surface area contributed by atoms with Crippen LogP contribution in [0.25, 0.3) is 21.9 Å². The predicted octanol–water partition coefficient (Wildman–Crippen LogP) is 3.19. The van der Waals surface area contributed by atoms with Crippen molar-refractivity contribution >= 4 is 33.8 Å². The van der Waals surface area contributed by atoms with Gasteiger partial charge in [0, 0.05) is 25.9 Å². The first-order valence-electron chi connectivity index (χ1n) is 11.0. The van der Waals surface area contributed by atoms with E-state index in [1.165, 1.54) is 0 Å². The van der Waals surface area contributed by atoms with E-state index in [-0.39, 0.29) is 17.9 Å². The molecule has 0 aliphatic carbocycles. The highest BCUT2D eigenvalue weighted by Gasteiger charge is 2.14. The summed E-state index contributed by atoms with van der Waals surface area (Å²) in [6.45, 7) is 7.84. The van der Waals surface area contributed by atoms with E-state index >= 15 is 0 Å². The maximum Gasteiger partial charge on any atom is 0.258 e. The van der Waals surface area contributed by atoms with E-state index in [0.717, 1.165) is 37.2 Å². The topological polar surface area (TPSA) is 95.9 Å². The Hall–Kier alpha value is -3.52.